The Morgan fingerprint density at radius 1 is 1.28 bits per heavy atom. The molecule has 3 aromatic rings. The van der Waals surface area contributed by atoms with Crippen LogP contribution in [0.1, 0.15) is 16.1 Å². The lowest BCUT2D eigenvalue weighted by Crippen LogP contribution is -2.06. The number of aryl methyl sites for hydroxylation is 1. The number of anilines is 2. The van der Waals surface area contributed by atoms with Crippen molar-refractivity contribution in [3.63, 3.8) is 0 Å². The maximum Gasteiger partial charge on any atom is 0.126 e. The number of aromatic nitrogens is 2. The third-order valence-electron chi connectivity index (χ3n) is 4.36. The van der Waals surface area contributed by atoms with Crippen LogP contribution in [0, 0.1) is 6.92 Å². The van der Waals surface area contributed by atoms with E-state index in [9.17, 15) is 0 Å². The number of nitrogens with zero attached hydrogens (tertiary/aromatic N) is 3. The molecule has 1 aromatic carbocycles. The lowest BCUT2D eigenvalue weighted by atomic mass is 10.0. The Hall–Kier alpha value is -2.73. The molecule has 126 valence electrons. The number of nitrogens with two attached hydrogens (primary N) is 1. The monoisotopic (exact) mass is 349 g/mol. The van der Waals surface area contributed by atoms with Crippen LogP contribution >= 0.6 is 11.3 Å². The van der Waals surface area contributed by atoms with Crippen molar-refractivity contribution in [3.8, 4) is 0 Å². The summed E-state index contributed by atoms with van der Waals surface area (Å²) in [5.41, 5.74) is 13.3. The van der Waals surface area contributed by atoms with Gasteiger partial charge in [0.2, 0.25) is 0 Å². The molecule has 0 saturated heterocycles. The fraction of sp³-hybridized carbons (Fsp3) is 0.211. The van der Waals surface area contributed by atoms with Crippen LogP contribution in [0.3, 0.4) is 0 Å². The highest BCUT2D eigenvalue weighted by molar-refractivity contribution is 7.09. The van der Waals surface area contributed by atoms with Gasteiger partial charge in [-0.3, -0.25) is 4.99 Å². The molecule has 0 saturated carbocycles. The second-order valence-corrected chi connectivity index (χ2v) is 6.99. The van der Waals surface area contributed by atoms with Crippen LogP contribution in [0.15, 0.2) is 40.8 Å². The number of pyridine rings is 1. The zero-order valence-electron chi connectivity index (χ0n) is 14.0. The number of benzene rings is 1. The van der Waals surface area contributed by atoms with E-state index in [0.29, 0.717) is 5.82 Å². The zero-order valence-corrected chi connectivity index (χ0v) is 14.8. The molecule has 0 fully saturated rings. The smallest absolute Gasteiger partial charge is 0.126 e. The normalized spacial score (nSPS) is 13.4. The summed E-state index contributed by atoms with van der Waals surface area (Å²) in [6, 6.07) is 8.22. The maximum absolute atomic E-state index is 6.02. The molecule has 3 N–H and O–H groups in total. The van der Waals surface area contributed by atoms with E-state index in [0.717, 1.165) is 47.4 Å². The maximum atomic E-state index is 6.02. The van der Waals surface area contributed by atoms with Crippen LogP contribution < -0.4 is 11.1 Å². The highest BCUT2D eigenvalue weighted by atomic mass is 32.1. The molecular weight excluding hydrogens is 330 g/mol. The fourth-order valence-electron chi connectivity index (χ4n) is 3.01. The number of nitrogen functional groups attached to an aromatic ring is 1. The summed E-state index contributed by atoms with van der Waals surface area (Å²) < 4.78 is 0. The van der Waals surface area contributed by atoms with Gasteiger partial charge in [-0.05, 0) is 30.2 Å². The van der Waals surface area contributed by atoms with Gasteiger partial charge in [-0.15, -0.1) is 11.3 Å². The lowest BCUT2D eigenvalue weighted by Gasteiger charge is -2.12. The molecule has 1 aliphatic heterocycles. The van der Waals surface area contributed by atoms with Crippen molar-refractivity contribution < 1.29 is 0 Å². The first-order valence-electron chi connectivity index (χ1n) is 8.23. The molecule has 0 radical (unpaired) electrons. The van der Waals surface area contributed by atoms with Gasteiger partial charge >= 0.3 is 0 Å². The SMILES string of the molecule is Cc1ncsc1CCNc1cc(N)nc2cc(C3=CC=NC3)ccc12. The van der Waals surface area contributed by atoms with Crippen molar-refractivity contribution in [2.45, 2.75) is 13.3 Å². The molecule has 0 unspecified atom stereocenters. The summed E-state index contributed by atoms with van der Waals surface area (Å²) in [5.74, 6) is 0.526. The summed E-state index contributed by atoms with van der Waals surface area (Å²) in [6.45, 7) is 3.62. The van der Waals surface area contributed by atoms with E-state index < -0.39 is 0 Å². The van der Waals surface area contributed by atoms with Gasteiger partial charge in [-0.2, -0.15) is 0 Å². The molecule has 0 aliphatic carbocycles. The van der Waals surface area contributed by atoms with Gasteiger partial charge in [0.25, 0.3) is 0 Å². The van der Waals surface area contributed by atoms with Gasteiger partial charge in [-0.1, -0.05) is 12.1 Å². The summed E-state index contributed by atoms with van der Waals surface area (Å²) in [6.07, 6.45) is 4.84. The number of allylic oxidation sites excluding steroid dienone is 1. The molecule has 2 aromatic heterocycles. The van der Waals surface area contributed by atoms with Crippen LogP contribution in [-0.2, 0) is 6.42 Å². The van der Waals surface area contributed by atoms with Crippen LogP contribution in [-0.4, -0.2) is 29.3 Å². The fourth-order valence-corrected chi connectivity index (χ4v) is 3.79. The lowest BCUT2D eigenvalue weighted by molar-refractivity contribution is 1.02. The van der Waals surface area contributed by atoms with E-state index in [2.05, 4.69) is 45.4 Å². The predicted octanol–water partition coefficient (Wildman–Crippen LogP) is 3.70. The van der Waals surface area contributed by atoms with Gasteiger partial charge < -0.3 is 11.1 Å². The quantitative estimate of drug-likeness (QED) is 0.736. The van der Waals surface area contributed by atoms with E-state index in [1.165, 1.54) is 10.5 Å². The van der Waals surface area contributed by atoms with E-state index >= 15 is 0 Å². The number of aliphatic imine (C=N–C) groups is 1. The van der Waals surface area contributed by atoms with Crippen LogP contribution in [0.5, 0.6) is 0 Å². The van der Waals surface area contributed by atoms with E-state index in [1.807, 2.05) is 23.9 Å². The van der Waals surface area contributed by atoms with E-state index in [4.69, 9.17) is 5.73 Å². The number of hydrogen-bond donors (Lipinski definition) is 2. The minimum atomic E-state index is 0.526. The van der Waals surface area contributed by atoms with Gasteiger partial charge in [0.15, 0.2) is 0 Å². The van der Waals surface area contributed by atoms with Gasteiger partial charge in [0.1, 0.15) is 5.82 Å². The van der Waals surface area contributed by atoms with Crippen molar-refractivity contribution in [2.24, 2.45) is 4.99 Å². The summed E-state index contributed by atoms with van der Waals surface area (Å²) in [7, 11) is 0. The Morgan fingerprint density at radius 2 is 2.20 bits per heavy atom. The summed E-state index contributed by atoms with van der Waals surface area (Å²) >= 11 is 1.70. The van der Waals surface area contributed by atoms with Gasteiger partial charge in [-0.25, -0.2) is 9.97 Å². The zero-order chi connectivity index (χ0) is 17.2. The average Bonchev–Trinajstić information content (AvgIpc) is 3.26. The number of thiazole rings is 1. The first-order valence-corrected chi connectivity index (χ1v) is 9.11. The number of nitrogens with one attached hydrogen (secondary N) is 1. The van der Waals surface area contributed by atoms with Crippen molar-refractivity contribution in [1.82, 2.24) is 9.97 Å². The molecule has 5 nitrogen and oxygen atoms in total. The highest BCUT2D eigenvalue weighted by Gasteiger charge is 2.09. The van der Waals surface area contributed by atoms with Gasteiger partial charge in [0.05, 0.1) is 23.3 Å². The predicted molar refractivity (Wildman–Crippen MR) is 107 cm³/mol. The number of rotatable bonds is 5. The number of fused-ring (bicyclic) bond motifs is 1. The van der Waals surface area contributed by atoms with Crippen molar-refractivity contribution in [3.05, 3.63) is 52.0 Å². The van der Waals surface area contributed by atoms with Crippen molar-refractivity contribution in [1.29, 1.82) is 0 Å². The molecule has 0 amide bonds. The molecule has 3 heterocycles. The Bertz CT molecular complexity index is 987. The third-order valence-corrected chi connectivity index (χ3v) is 5.35. The van der Waals surface area contributed by atoms with Crippen molar-refractivity contribution >= 4 is 45.5 Å². The minimum Gasteiger partial charge on any atom is -0.384 e. The van der Waals surface area contributed by atoms with E-state index in [-0.39, 0.29) is 0 Å². The molecule has 25 heavy (non-hydrogen) atoms. The van der Waals surface area contributed by atoms with E-state index in [1.54, 1.807) is 11.3 Å². The van der Waals surface area contributed by atoms with Crippen LogP contribution in [0.4, 0.5) is 11.5 Å². The Balaban J connectivity index is 1.58. The van der Waals surface area contributed by atoms with Crippen LogP contribution in [0.2, 0.25) is 0 Å². The molecule has 1 aliphatic rings. The second kappa shape index (κ2) is 6.64. The molecular formula is C19H19N5S. The highest BCUT2D eigenvalue weighted by Crippen LogP contribution is 2.28. The standard InChI is InChI=1S/C19H19N5S/c1-12-18(25-11-23-12)5-7-22-16-9-19(20)24-17-8-13(2-3-15(16)17)14-4-6-21-10-14/h2-4,6,8-9,11H,5,7,10H2,1H3,(H3,20,22,24). The average molecular weight is 349 g/mol. The number of hydrogen-bond acceptors (Lipinski definition) is 6. The third kappa shape index (κ3) is 3.25. The van der Waals surface area contributed by atoms with Gasteiger partial charge in [0, 0.05) is 41.2 Å². The largest absolute Gasteiger partial charge is 0.384 e. The summed E-state index contributed by atoms with van der Waals surface area (Å²) in [4.78, 5) is 14.4. The minimum absolute atomic E-state index is 0.526. The van der Waals surface area contributed by atoms with Crippen molar-refractivity contribution in [2.75, 3.05) is 24.1 Å². The second-order valence-electron chi connectivity index (χ2n) is 6.05. The topological polar surface area (TPSA) is 76.2 Å². The first-order chi connectivity index (χ1) is 12.2. The Kier molecular flexibility index (Phi) is 4.19. The Labute approximate surface area is 150 Å². The molecule has 6 heteroatoms. The molecule has 0 bridgehead atoms. The Morgan fingerprint density at radius 3 is 2.96 bits per heavy atom. The molecule has 0 spiro atoms. The summed E-state index contributed by atoms with van der Waals surface area (Å²) in [5, 5.41) is 4.58. The first kappa shape index (κ1) is 15.8. The molecule has 0 atom stereocenters. The van der Waals surface area contributed by atoms with Crippen LogP contribution in [0.25, 0.3) is 16.5 Å². The molecule has 4 rings (SSSR count).